The molecule has 1 atom stereocenters. The van der Waals surface area contributed by atoms with Gasteiger partial charge in [-0.2, -0.15) is 0 Å². The van der Waals surface area contributed by atoms with E-state index in [1.807, 2.05) is 103 Å². The molecule has 0 bridgehead atoms. The van der Waals surface area contributed by atoms with Crippen LogP contribution in [0.25, 0.3) is 11.1 Å². The predicted molar refractivity (Wildman–Crippen MR) is 174 cm³/mol. The predicted octanol–water partition coefficient (Wildman–Crippen LogP) is 8.68. The molecule has 6 nitrogen and oxygen atoms in total. The number of ether oxygens (including phenoxy) is 2. The summed E-state index contributed by atoms with van der Waals surface area (Å²) < 4.78 is 13.7. The molecule has 43 heavy (non-hydrogen) atoms. The Balaban J connectivity index is 1.28. The number of benzene rings is 5. The van der Waals surface area contributed by atoms with Crippen LogP contribution in [-0.4, -0.2) is 23.0 Å². The maximum Gasteiger partial charge on any atom is 0.326 e. The number of halogens is 2. The van der Waals surface area contributed by atoms with Crippen molar-refractivity contribution in [2.45, 2.75) is 19.1 Å². The number of aliphatic carboxylic acids is 1. The molecule has 0 saturated carbocycles. The molecule has 5 rings (SSSR count). The van der Waals surface area contributed by atoms with Gasteiger partial charge in [0.25, 0.3) is 5.91 Å². The number of hydrogen-bond donors (Lipinski definition) is 2. The number of amides is 1. The van der Waals surface area contributed by atoms with Crippen molar-refractivity contribution in [3.8, 4) is 28.4 Å². The summed E-state index contributed by atoms with van der Waals surface area (Å²) in [6.45, 7) is 0.253. The largest absolute Gasteiger partial charge is 0.488 e. The zero-order valence-corrected chi connectivity index (χ0v) is 26.0. The van der Waals surface area contributed by atoms with Gasteiger partial charge in [0.05, 0.1) is 5.56 Å². The van der Waals surface area contributed by atoms with Gasteiger partial charge in [0.15, 0.2) is 0 Å². The Kier molecular flexibility index (Phi) is 9.92. The van der Waals surface area contributed by atoms with Crippen molar-refractivity contribution >= 4 is 43.7 Å². The Hall–Kier alpha value is -4.40. The third-order valence-electron chi connectivity index (χ3n) is 6.66. The highest BCUT2D eigenvalue weighted by Crippen LogP contribution is 2.33. The lowest BCUT2D eigenvalue weighted by atomic mass is 9.99. The van der Waals surface area contributed by atoms with E-state index in [2.05, 4.69) is 37.2 Å². The van der Waals surface area contributed by atoms with Gasteiger partial charge >= 0.3 is 5.97 Å². The molecule has 1 unspecified atom stereocenters. The van der Waals surface area contributed by atoms with Gasteiger partial charge in [0, 0.05) is 20.9 Å². The lowest BCUT2D eigenvalue weighted by Gasteiger charge is -2.17. The molecular weight excluding hydrogens is 674 g/mol. The fourth-order valence-corrected chi connectivity index (χ4v) is 5.07. The van der Waals surface area contributed by atoms with Crippen LogP contribution in [0, 0.1) is 0 Å². The summed E-state index contributed by atoms with van der Waals surface area (Å²) in [4.78, 5) is 25.5. The average Bonchev–Trinajstić information content (AvgIpc) is 3.02. The summed E-state index contributed by atoms with van der Waals surface area (Å²) in [6.07, 6.45) is 0.104. The smallest absolute Gasteiger partial charge is 0.326 e. The lowest BCUT2D eigenvalue weighted by Crippen LogP contribution is -2.42. The molecule has 2 N–H and O–H groups in total. The first-order chi connectivity index (χ1) is 20.9. The van der Waals surface area contributed by atoms with Gasteiger partial charge in [-0.05, 0) is 65.2 Å². The molecule has 0 spiro atoms. The maximum absolute atomic E-state index is 13.3. The number of para-hydroxylation sites is 2. The zero-order chi connectivity index (χ0) is 30.2. The van der Waals surface area contributed by atoms with Crippen LogP contribution >= 0.6 is 31.9 Å². The first-order valence-corrected chi connectivity index (χ1v) is 15.1. The van der Waals surface area contributed by atoms with E-state index in [1.165, 1.54) is 0 Å². The average molecular weight is 701 g/mol. The van der Waals surface area contributed by atoms with Crippen LogP contribution in [0.2, 0.25) is 0 Å². The molecule has 0 radical (unpaired) electrons. The molecule has 0 fully saturated rings. The van der Waals surface area contributed by atoms with Crippen LogP contribution < -0.4 is 14.8 Å². The van der Waals surface area contributed by atoms with Crippen LogP contribution in [0.3, 0.4) is 0 Å². The van der Waals surface area contributed by atoms with Gasteiger partial charge in [-0.15, -0.1) is 0 Å². The van der Waals surface area contributed by atoms with Gasteiger partial charge in [-0.3, -0.25) is 4.79 Å². The number of nitrogens with one attached hydrogen (secondary N) is 1. The number of carbonyl (C=O) groups is 2. The van der Waals surface area contributed by atoms with Crippen LogP contribution in [-0.2, 0) is 17.8 Å². The summed E-state index contributed by atoms with van der Waals surface area (Å²) in [5.41, 5.74) is 3.76. The van der Waals surface area contributed by atoms with Gasteiger partial charge < -0.3 is 19.9 Å². The number of hydrogen-bond acceptors (Lipinski definition) is 4. The fraction of sp³-hybridized carbons (Fsp3) is 0.0857. The van der Waals surface area contributed by atoms with Gasteiger partial charge in [-0.1, -0.05) is 105 Å². The molecule has 0 heterocycles. The van der Waals surface area contributed by atoms with E-state index in [4.69, 9.17) is 9.47 Å². The van der Waals surface area contributed by atoms with Crippen LogP contribution in [0.1, 0.15) is 21.5 Å². The molecule has 5 aromatic carbocycles. The maximum atomic E-state index is 13.3. The standard InChI is InChI=1S/C35H27Br2NO5/c36-26-16-12-24(13-17-26)22-42-32-19-18-27(37)21-30(32)34(39)38-31(35(40)41)20-23-10-14-25(15-11-23)29-8-4-5-9-33(29)43-28-6-2-1-3-7-28/h1-19,21,31H,20,22H2,(H,38,39)(H,40,41). The van der Waals surface area contributed by atoms with E-state index in [0.29, 0.717) is 16.0 Å². The number of carboxylic acids is 1. The minimum absolute atomic E-state index is 0.104. The van der Waals surface area contributed by atoms with E-state index in [1.54, 1.807) is 18.2 Å². The molecule has 5 aromatic rings. The number of carbonyl (C=O) groups excluding carboxylic acids is 1. The van der Waals surface area contributed by atoms with E-state index in [-0.39, 0.29) is 18.6 Å². The van der Waals surface area contributed by atoms with Crippen molar-refractivity contribution in [1.82, 2.24) is 5.32 Å². The Morgan fingerprint density at radius 2 is 1.37 bits per heavy atom. The van der Waals surface area contributed by atoms with Crippen LogP contribution in [0.15, 0.2) is 130 Å². The van der Waals surface area contributed by atoms with E-state index in [0.717, 1.165) is 32.5 Å². The van der Waals surface area contributed by atoms with E-state index >= 15 is 0 Å². The van der Waals surface area contributed by atoms with Crippen molar-refractivity contribution in [3.05, 3.63) is 147 Å². The molecule has 8 heteroatoms. The Labute approximate surface area is 266 Å². The number of rotatable bonds is 11. The lowest BCUT2D eigenvalue weighted by molar-refractivity contribution is -0.139. The quantitative estimate of drug-likeness (QED) is 0.144. The summed E-state index contributed by atoms with van der Waals surface area (Å²) >= 11 is 6.82. The highest BCUT2D eigenvalue weighted by molar-refractivity contribution is 9.10. The van der Waals surface area contributed by atoms with Gasteiger partial charge in [-0.25, -0.2) is 4.79 Å². The van der Waals surface area contributed by atoms with Crippen LogP contribution in [0.5, 0.6) is 17.2 Å². The first-order valence-electron chi connectivity index (χ1n) is 13.5. The first kappa shape index (κ1) is 30.1. The molecule has 0 saturated heterocycles. The minimum Gasteiger partial charge on any atom is -0.488 e. The monoisotopic (exact) mass is 699 g/mol. The Bertz CT molecular complexity index is 1710. The normalized spacial score (nSPS) is 11.4. The van der Waals surface area contributed by atoms with Gasteiger partial charge in [0.1, 0.15) is 29.9 Å². The van der Waals surface area contributed by atoms with Crippen molar-refractivity contribution in [1.29, 1.82) is 0 Å². The molecule has 0 aliphatic carbocycles. The van der Waals surface area contributed by atoms with Crippen molar-refractivity contribution in [3.63, 3.8) is 0 Å². The zero-order valence-electron chi connectivity index (χ0n) is 22.9. The summed E-state index contributed by atoms with van der Waals surface area (Å²) in [5.74, 6) is 0.131. The highest BCUT2D eigenvalue weighted by atomic mass is 79.9. The second kappa shape index (κ2) is 14.2. The van der Waals surface area contributed by atoms with E-state index in [9.17, 15) is 14.7 Å². The van der Waals surface area contributed by atoms with Crippen molar-refractivity contribution in [2.24, 2.45) is 0 Å². The topological polar surface area (TPSA) is 84.9 Å². The van der Waals surface area contributed by atoms with Gasteiger partial charge in [0.2, 0.25) is 0 Å². The Morgan fingerprint density at radius 3 is 2.09 bits per heavy atom. The third kappa shape index (κ3) is 8.12. The highest BCUT2D eigenvalue weighted by Gasteiger charge is 2.23. The van der Waals surface area contributed by atoms with Crippen molar-refractivity contribution < 1.29 is 24.2 Å². The summed E-state index contributed by atoms with van der Waals surface area (Å²) in [7, 11) is 0. The molecule has 216 valence electrons. The molecule has 0 aliphatic rings. The number of carboxylic acid groups (broad SMARTS) is 1. The Morgan fingerprint density at radius 1 is 0.721 bits per heavy atom. The van der Waals surface area contributed by atoms with E-state index < -0.39 is 17.9 Å². The summed E-state index contributed by atoms with van der Waals surface area (Å²) in [5, 5.41) is 12.6. The molecule has 1 amide bonds. The van der Waals surface area contributed by atoms with Crippen LogP contribution in [0.4, 0.5) is 0 Å². The molecule has 0 aliphatic heterocycles. The molecule has 0 aromatic heterocycles. The second-order valence-corrected chi connectivity index (χ2v) is 11.6. The fourth-order valence-electron chi connectivity index (χ4n) is 4.45. The minimum atomic E-state index is -1.15. The summed E-state index contributed by atoms with van der Waals surface area (Å²) in [6, 6.07) is 36.5. The van der Waals surface area contributed by atoms with Crippen molar-refractivity contribution in [2.75, 3.05) is 0 Å². The SMILES string of the molecule is O=C(NC(Cc1ccc(-c2ccccc2Oc2ccccc2)cc1)C(=O)O)c1cc(Br)ccc1OCc1ccc(Br)cc1. The third-order valence-corrected chi connectivity index (χ3v) is 7.68. The molecular formula is C35H27Br2NO5. The second-order valence-electron chi connectivity index (χ2n) is 9.73.